The Labute approximate surface area is 144 Å². The minimum absolute atomic E-state index is 0.0225. The normalized spacial score (nSPS) is 10.5. The first-order valence-corrected chi connectivity index (χ1v) is 7.73. The van der Waals surface area contributed by atoms with E-state index < -0.39 is 0 Å². The van der Waals surface area contributed by atoms with E-state index in [0.717, 1.165) is 4.47 Å². The van der Waals surface area contributed by atoms with Crippen molar-refractivity contribution in [2.24, 2.45) is 0 Å². The quantitative estimate of drug-likeness (QED) is 0.745. The van der Waals surface area contributed by atoms with Crippen LogP contribution in [0.4, 0.5) is 5.82 Å². The molecule has 3 aromatic rings. The Morgan fingerprint density at radius 2 is 2.25 bits per heavy atom. The van der Waals surface area contributed by atoms with Gasteiger partial charge in [-0.15, -0.1) is 0 Å². The second kappa shape index (κ2) is 6.29. The van der Waals surface area contributed by atoms with Gasteiger partial charge in [0.05, 0.1) is 5.52 Å². The topological polar surface area (TPSA) is 101 Å². The van der Waals surface area contributed by atoms with E-state index in [-0.39, 0.29) is 23.4 Å². The van der Waals surface area contributed by atoms with Crippen LogP contribution in [0, 0.1) is 18.3 Å². The first-order chi connectivity index (χ1) is 11.5. The van der Waals surface area contributed by atoms with E-state index in [1.54, 1.807) is 35.8 Å². The molecular formula is C16H11BrN4O3. The van der Waals surface area contributed by atoms with E-state index in [9.17, 15) is 9.59 Å². The number of hydrogen-bond acceptors (Lipinski definition) is 5. The van der Waals surface area contributed by atoms with Crippen molar-refractivity contribution in [3.63, 3.8) is 0 Å². The van der Waals surface area contributed by atoms with Crippen molar-refractivity contribution >= 4 is 38.6 Å². The van der Waals surface area contributed by atoms with Crippen LogP contribution in [0.1, 0.15) is 11.3 Å². The number of pyridine rings is 1. The van der Waals surface area contributed by atoms with E-state index in [1.165, 1.54) is 6.20 Å². The van der Waals surface area contributed by atoms with Gasteiger partial charge in [-0.1, -0.05) is 21.1 Å². The summed E-state index contributed by atoms with van der Waals surface area (Å²) in [6, 6.07) is 8.58. The third-order valence-corrected chi connectivity index (χ3v) is 3.87. The number of fused-ring (bicyclic) bond motifs is 1. The maximum Gasteiger partial charge on any atom is 0.245 e. The Morgan fingerprint density at radius 3 is 2.92 bits per heavy atom. The SMILES string of the molecule is Cc1cc(NC(=O)Cn2cc(C#N)c(=O)c3cc(Br)ccc32)no1. The average Bonchev–Trinajstić information content (AvgIpc) is 2.95. The Balaban J connectivity index is 1.99. The third-order valence-electron chi connectivity index (χ3n) is 3.37. The zero-order valence-electron chi connectivity index (χ0n) is 12.5. The number of halogens is 1. The highest BCUT2D eigenvalue weighted by Gasteiger charge is 2.13. The molecule has 0 radical (unpaired) electrons. The van der Waals surface area contributed by atoms with Crippen molar-refractivity contribution in [1.82, 2.24) is 9.72 Å². The number of amides is 1. The number of nitrogens with zero attached hydrogens (tertiary/aromatic N) is 3. The fourth-order valence-electron chi connectivity index (χ4n) is 2.34. The van der Waals surface area contributed by atoms with Gasteiger partial charge >= 0.3 is 0 Å². The van der Waals surface area contributed by atoms with Gasteiger partial charge in [0.25, 0.3) is 0 Å². The smallest absolute Gasteiger partial charge is 0.245 e. The Kier molecular flexibility index (Phi) is 4.18. The molecule has 7 nitrogen and oxygen atoms in total. The van der Waals surface area contributed by atoms with Crippen molar-refractivity contribution in [2.75, 3.05) is 5.32 Å². The number of anilines is 1. The largest absolute Gasteiger partial charge is 0.360 e. The van der Waals surface area contributed by atoms with Crippen LogP contribution in [0.15, 0.2) is 44.3 Å². The summed E-state index contributed by atoms with van der Waals surface area (Å²) in [7, 11) is 0. The second-order valence-electron chi connectivity index (χ2n) is 5.14. The molecule has 0 spiro atoms. The van der Waals surface area contributed by atoms with Gasteiger partial charge in [-0.05, 0) is 25.1 Å². The van der Waals surface area contributed by atoms with Gasteiger partial charge in [-0.2, -0.15) is 5.26 Å². The first kappa shape index (κ1) is 16.0. The minimum atomic E-state index is -0.363. The molecule has 2 heterocycles. The van der Waals surface area contributed by atoms with E-state index in [0.29, 0.717) is 22.5 Å². The fourth-order valence-corrected chi connectivity index (χ4v) is 2.70. The number of benzene rings is 1. The van der Waals surface area contributed by atoms with Crippen LogP contribution in [-0.2, 0) is 11.3 Å². The standard InChI is InChI=1S/C16H11BrN4O3/c1-9-4-14(20-24-9)19-15(22)8-21-7-10(6-18)16(23)12-5-11(17)2-3-13(12)21/h2-5,7H,8H2,1H3,(H,19,20,22). The molecule has 0 atom stereocenters. The lowest BCUT2D eigenvalue weighted by Gasteiger charge is -2.11. The molecule has 0 unspecified atom stereocenters. The van der Waals surface area contributed by atoms with Gasteiger partial charge in [0.2, 0.25) is 11.3 Å². The molecular weight excluding hydrogens is 376 g/mol. The molecule has 0 bridgehead atoms. The molecule has 0 aliphatic carbocycles. The van der Waals surface area contributed by atoms with Crippen LogP contribution in [-0.4, -0.2) is 15.6 Å². The van der Waals surface area contributed by atoms with E-state index in [2.05, 4.69) is 26.4 Å². The average molecular weight is 387 g/mol. The predicted molar refractivity (Wildman–Crippen MR) is 90.5 cm³/mol. The highest BCUT2D eigenvalue weighted by atomic mass is 79.9. The summed E-state index contributed by atoms with van der Waals surface area (Å²) in [4.78, 5) is 24.5. The van der Waals surface area contributed by atoms with Gasteiger partial charge in [0.15, 0.2) is 5.82 Å². The van der Waals surface area contributed by atoms with Crippen molar-refractivity contribution in [2.45, 2.75) is 13.5 Å². The summed E-state index contributed by atoms with van der Waals surface area (Å²) in [6.07, 6.45) is 1.38. The number of hydrogen-bond donors (Lipinski definition) is 1. The van der Waals surface area contributed by atoms with E-state index in [4.69, 9.17) is 9.78 Å². The highest BCUT2D eigenvalue weighted by Crippen LogP contribution is 2.18. The summed E-state index contributed by atoms with van der Waals surface area (Å²) in [6.45, 7) is 1.65. The number of rotatable bonds is 3. The molecule has 1 aromatic carbocycles. The maximum absolute atomic E-state index is 12.3. The molecule has 0 fully saturated rings. The highest BCUT2D eigenvalue weighted by molar-refractivity contribution is 9.10. The molecule has 0 saturated heterocycles. The van der Waals surface area contributed by atoms with Gasteiger partial charge in [-0.25, -0.2) is 0 Å². The summed E-state index contributed by atoms with van der Waals surface area (Å²) in [5.41, 5.74) is 0.178. The number of carbonyl (C=O) groups is 1. The molecule has 3 rings (SSSR count). The Morgan fingerprint density at radius 1 is 1.46 bits per heavy atom. The maximum atomic E-state index is 12.3. The van der Waals surface area contributed by atoms with Gasteiger partial charge < -0.3 is 14.4 Å². The number of nitriles is 1. The third kappa shape index (κ3) is 3.07. The molecule has 0 saturated carbocycles. The van der Waals surface area contributed by atoms with E-state index >= 15 is 0 Å². The van der Waals surface area contributed by atoms with Crippen LogP contribution in [0.25, 0.3) is 10.9 Å². The lowest BCUT2D eigenvalue weighted by atomic mass is 10.1. The Hall–Kier alpha value is -2.92. The van der Waals surface area contributed by atoms with E-state index in [1.807, 2.05) is 6.07 Å². The fraction of sp³-hybridized carbons (Fsp3) is 0.125. The Bertz CT molecular complexity index is 1050. The lowest BCUT2D eigenvalue weighted by molar-refractivity contribution is -0.116. The minimum Gasteiger partial charge on any atom is -0.360 e. The molecule has 0 aliphatic rings. The first-order valence-electron chi connectivity index (χ1n) is 6.94. The van der Waals surface area contributed by atoms with Crippen LogP contribution < -0.4 is 10.7 Å². The molecule has 24 heavy (non-hydrogen) atoms. The summed E-state index contributed by atoms with van der Waals surface area (Å²) in [5.74, 6) is 0.543. The zero-order valence-corrected chi connectivity index (χ0v) is 14.1. The van der Waals surface area contributed by atoms with Crippen LogP contribution >= 0.6 is 15.9 Å². The van der Waals surface area contributed by atoms with Crippen LogP contribution in [0.5, 0.6) is 0 Å². The van der Waals surface area contributed by atoms with Crippen molar-refractivity contribution < 1.29 is 9.32 Å². The van der Waals surface area contributed by atoms with Gasteiger partial charge in [0, 0.05) is 22.1 Å². The van der Waals surface area contributed by atoms with Crippen LogP contribution in [0.2, 0.25) is 0 Å². The molecule has 8 heteroatoms. The molecule has 0 aliphatic heterocycles. The monoisotopic (exact) mass is 386 g/mol. The molecule has 2 aromatic heterocycles. The number of nitrogens with one attached hydrogen (secondary N) is 1. The van der Waals surface area contributed by atoms with Crippen molar-refractivity contribution in [3.05, 3.63) is 56.5 Å². The predicted octanol–water partition coefficient (Wildman–Crippen LogP) is 2.57. The lowest BCUT2D eigenvalue weighted by Crippen LogP contribution is -2.21. The zero-order chi connectivity index (χ0) is 17.3. The van der Waals surface area contributed by atoms with Gasteiger partial charge in [-0.3, -0.25) is 9.59 Å². The second-order valence-corrected chi connectivity index (χ2v) is 6.06. The summed E-state index contributed by atoms with van der Waals surface area (Å²) in [5, 5.41) is 15.8. The number of aromatic nitrogens is 2. The number of aryl methyl sites for hydroxylation is 1. The molecule has 1 amide bonds. The molecule has 1 N–H and O–H groups in total. The van der Waals surface area contributed by atoms with Crippen LogP contribution in [0.3, 0.4) is 0 Å². The van der Waals surface area contributed by atoms with Crippen molar-refractivity contribution in [1.29, 1.82) is 5.26 Å². The molecule has 120 valence electrons. The van der Waals surface area contributed by atoms with Crippen molar-refractivity contribution in [3.8, 4) is 6.07 Å². The van der Waals surface area contributed by atoms with Gasteiger partial charge in [0.1, 0.15) is 23.9 Å². The summed E-state index contributed by atoms with van der Waals surface area (Å²) < 4.78 is 7.17. The summed E-state index contributed by atoms with van der Waals surface area (Å²) >= 11 is 3.31. The number of carbonyl (C=O) groups excluding carboxylic acids is 1.